The number of carbonyl (C=O) groups excluding carboxylic acids is 5. The summed E-state index contributed by atoms with van der Waals surface area (Å²) in [6.45, 7) is 5.59. The van der Waals surface area contributed by atoms with E-state index < -0.39 is 66.8 Å². The first kappa shape index (κ1) is 37.0. The molecule has 0 saturated heterocycles. The van der Waals surface area contributed by atoms with Crippen molar-refractivity contribution in [3.63, 3.8) is 0 Å². The second-order valence-corrected chi connectivity index (χ2v) is 9.92. The number of hydrogen-bond donors (Lipinski definition) is 7. The lowest BCUT2D eigenvalue weighted by Crippen LogP contribution is -2.59. The Hall–Kier alpha value is -4.04. The molecule has 8 N–H and O–H groups in total. The zero-order chi connectivity index (χ0) is 32.4. The molecule has 0 aliphatic carbocycles. The van der Waals surface area contributed by atoms with Crippen LogP contribution in [0, 0.1) is 0 Å². The van der Waals surface area contributed by atoms with Gasteiger partial charge in [-0.15, -0.1) is 0 Å². The van der Waals surface area contributed by atoms with E-state index in [1.54, 1.807) is 4.90 Å². The summed E-state index contributed by atoms with van der Waals surface area (Å²) in [5, 5.41) is 28.7. The minimum absolute atomic E-state index is 0.0322. The van der Waals surface area contributed by atoms with Crippen molar-refractivity contribution in [3.05, 3.63) is 35.9 Å². The highest BCUT2D eigenvalue weighted by Gasteiger charge is 2.33. The van der Waals surface area contributed by atoms with E-state index >= 15 is 0 Å². The number of hydrogen-bond acceptors (Lipinski definition) is 8. The van der Waals surface area contributed by atoms with Gasteiger partial charge in [-0.3, -0.25) is 28.8 Å². The molecule has 0 aliphatic heterocycles. The van der Waals surface area contributed by atoms with Gasteiger partial charge in [-0.05, 0) is 45.2 Å². The summed E-state index contributed by atoms with van der Waals surface area (Å²) in [5.41, 5.74) is 6.42. The number of carboxylic acid groups (broad SMARTS) is 1. The van der Waals surface area contributed by atoms with Crippen LogP contribution in [0.2, 0.25) is 0 Å². The number of unbranched alkanes of at least 4 members (excludes halogenated alkanes) is 1. The third kappa shape index (κ3) is 13.2. The van der Waals surface area contributed by atoms with Crippen LogP contribution in [0.15, 0.2) is 30.3 Å². The Morgan fingerprint density at radius 1 is 0.791 bits per heavy atom. The van der Waals surface area contributed by atoms with E-state index in [4.69, 9.17) is 5.73 Å². The smallest absolute Gasteiger partial charge is 0.305 e. The molecule has 43 heavy (non-hydrogen) atoms. The number of aliphatic carboxylic acids is 1. The molecule has 0 heterocycles. The summed E-state index contributed by atoms with van der Waals surface area (Å²) in [7, 11) is 0. The van der Waals surface area contributed by atoms with Crippen molar-refractivity contribution in [2.45, 2.75) is 83.5 Å². The molecule has 0 radical (unpaired) electrons. The Kier molecular flexibility index (Phi) is 17.2. The predicted molar refractivity (Wildman–Crippen MR) is 158 cm³/mol. The van der Waals surface area contributed by atoms with E-state index in [-0.39, 0.29) is 25.2 Å². The third-order valence-electron chi connectivity index (χ3n) is 6.72. The van der Waals surface area contributed by atoms with Crippen molar-refractivity contribution in [2.75, 3.05) is 26.2 Å². The van der Waals surface area contributed by atoms with Crippen LogP contribution in [0.5, 0.6) is 0 Å². The molecule has 0 spiro atoms. The van der Waals surface area contributed by atoms with Crippen LogP contribution in [-0.4, -0.2) is 101 Å². The van der Waals surface area contributed by atoms with Gasteiger partial charge in [0.05, 0.1) is 13.0 Å². The van der Waals surface area contributed by atoms with Gasteiger partial charge in [0.1, 0.15) is 24.2 Å². The molecule has 1 aromatic rings. The lowest BCUT2D eigenvalue weighted by atomic mass is 10.0. The molecule has 0 bridgehead atoms. The van der Waals surface area contributed by atoms with Gasteiger partial charge < -0.3 is 42.1 Å². The van der Waals surface area contributed by atoms with Gasteiger partial charge >= 0.3 is 5.97 Å². The summed E-state index contributed by atoms with van der Waals surface area (Å²) >= 11 is 0. The maximum absolute atomic E-state index is 13.5. The summed E-state index contributed by atoms with van der Waals surface area (Å²) < 4.78 is 0. The van der Waals surface area contributed by atoms with Gasteiger partial charge in [-0.2, -0.15) is 0 Å². The first-order valence-corrected chi connectivity index (χ1v) is 14.6. The second-order valence-electron chi connectivity index (χ2n) is 9.92. The molecule has 14 heteroatoms. The molecule has 5 amide bonds. The number of nitrogens with zero attached hydrogens (tertiary/aromatic N) is 1. The highest BCUT2D eigenvalue weighted by atomic mass is 16.4. The lowest BCUT2D eigenvalue weighted by molar-refractivity contribution is -0.142. The van der Waals surface area contributed by atoms with Crippen LogP contribution in [0.1, 0.15) is 58.4 Å². The van der Waals surface area contributed by atoms with Crippen molar-refractivity contribution in [1.29, 1.82) is 0 Å². The summed E-state index contributed by atoms with van der Waals surface area (Å²) in [5.74, 6) is -4.82. The highest BCUT2D eigenvalue weighted by Crippen LogP contribution is 2.09. The van der Waals surface area contributed by atoms with Crippen molar-refractivity contribution in [2.24, 2.45) is 5.73 Å². The maximum atomic E-state index is 13.5. The lowest BCUT2D eigenvalue weighted by Gasteiger charge is -2.28. The number of carboxylic acids is 1. The molecule has 0 saturated carbocycles. The quantitative estimate of drug-likeness (QED) is 0.0908. The number of amides is 5. The average Bonchev–Trinajstić information content (AvgIpc) is 2.99. The van der Waals surface area contributed by atoms with Crippen LogP contribution in [0.25, 0.3) is 0 Å². The van der Waals surface area contributed by atoms with Gasteiger partial charge in [0.25, 0.3) is 0 Å². The second kappa shape index (κ2) is 20.0. The maximum Gasteiger partial charge on any atom is 0.305 e. The Morgan fingerprint density at radius 3 is 1.88 bits per heavy atom. The number of nitrogens with two attached hydrogens (primary N) is 1. The monoisotopic (exact) mass is 606 g/mol. The van der Waals surface area contributed by atoms with E-state index in [1.807, 2.05) is 44.2 Å². The van der Waals surface area contributed by atoms with Crippen LogP contribution in [0.4, 0.5) is 0 Å². The normalized spacial score (nSPS) is 13.5. The SMILES string of the molecule is CCC(=O)N[C@@H](CO)C(=O)N[C@@H](CC(=O)O)C(=O)N[C@@H](CCCCN)C(=O)N[C@@H](Cc1ccccc1)C(=O)N(CC)CC. The fraction of sp³-hybridized carbons (Fsp3) is 0.586. The molecule has 0 aliphatic rings. The number of benzene rings is 1. The van der Waals surface area contributed by atoms with Crippen molar-refractivity contribution >= 4 is 35.5 Å². The average molecular weight is 607 g/mol. The van der Waals surface area contributed by atoms with Crippen LogP contribution < -0.4 is 27.0 Å². The molecule has 0 unspecified atom stereocenters. The Labute approximate surface area is 252 Å². The number of rotatable bonds is 20. The van der Waals surface area contributed by atoms with Gasteiger partial charge in [-0.1, -0.05) is 37.3 Å². The Balaban J connectivity index is 3.22. The fourth-order valence-corrected chi connectivity index (χ4v) is 4.26. The molecule has 240 valence electrons. The van der Waals surface area contributed by atoms with Crippen molar-refractivity contribution in [1.82, 2.24) is 26.2 Å². The summed E-state index contributed by atoms with van der Waals surface area (Å²) in [6.07, 6.45) is 0.515. The van der Waals surface area contributed by atoms with E-state index in [9.17, 15) is 39.0 Å². The van der Waals surface area contributed by atoms with Crippen molar-refractivity contribution < 1.29 is 39.0 Å². The Morgan fingerprint density at radius 2 is 1.35 bits per heavy atom. The van der Waals surface area contributed by atoms with Gasteiger partial charge in [0.15, 0.2) is 0 Å². The minimum atomic E-state index is -1.63. The number of aliphatic hydroxyl groups excluding tert-OH is 1. The molecular formula is C29H46N6O8. The van der Waals surface area contributed by atoms with E-state index in [2.05, 4.69) is 21.3 Å². The molecule has 1 rings (SSSR count). The summed E-state index contributed by atoms with van der Waals surface area (Å²) in [4.78, 5) is 77.6. The zero-order valence-corrected chi connectivity index (χ0v) is 25.1. The van der Waals surface area contributed by atoms with Crippen molar-refractivity contribution in [3.8, 4) is 0 Å². The van der Waals surface area contributed by atoms with E-state index in [0.717, 1.165) is 5.56 Å². The summed E-state index contributed by atoms with van der Waals surface area (Å²) in [6, 6.07) is 3.97. The zero-order valence-electron chi connectivity index (χ0n) is 25.1. The predicted octanol–water partition coefficient (Wildman–Crippen LogP) is -0.957. The van der Waals surface area contributed by atoms with Gasteiger partial charge in [0, 0.05) is 25.9 Å². The van der Waals surface area contributed by atoms with Crippen LogP contribution in [-0.2, 0) is 35.2 Å². The minimum Gasteiger partial charge on any atom is -0.481 e. The first-order chi connectivity index (χ1) is 20.5. The number of likely N-dealkylation sites (N-methyl/N-ethyl adjacent to an activating group) is 1. The van der Waals surface area contributed by atoms with Crippen LogP contribution >= 0.6 is 0 Å². The molecule has 4 atom stereocenters. The molecule has 0 fully saturated rings. The standard InChI is InChI=1S/C29H46N6O8/c1-4-24(37)31-23(18-36)28(42)33-21(17-25(38)39)27(41)32-20(14-10-11-15-30)26(40)34-22(29(43)35(5-2)6-3)16-19-12-8-7-9-13-19/h7-9,12-13,20-23,36H,4-6,10-11,14-18,30H2,1-3H3,(H,31,37)(H,32,41)(H,33,42)(H,34,40)(H,38,39)/t20-,21-,22-,23-/m0/s1. The van der Waals surface area contributed by atoms with Crippen LogP contribution in [0.3, 0.4) is 0 Å². The van der Waals surface area contributed by atoms with E-state index in [0.29, 0.717) is 32.5 Å². The third-order valence-corrected chi connectivity index (χ3v) is 6.72. The molecule has 14 nitrogen and oxygen atoms in total. The molecular weight excluding hydrogens is 560 g/mol. The highest BCUT2D eigenvalue weighted by molar-refractivity contribution is 5.96. The van der Waals surface area contributed by atoms with Gasteiger partial charge in [-0.25, -0.2) is 0 Å². The topological polar surface area (TPSA) is 220 Å². The molecule has 1 aromatic carbocycles. The largest absolute Gasteiger partial charge is 0.481 e. The Bertz CT molecular complexity index is 1070. The number of carbonyl (C=O) groups is 6. The van der Waals surface area contributed by atoms with Gasteiger partial charge in [0.2, 0.25) is 29.5 Å². The van der Waals surface area contributed by atoms with E-state index in [1.165, 1.54) is 6.92 Å². The first-order valence-electron chi connectivity index (χ1n) is 14.6. The number of aliphatic hydroxyl groups is 1. The fourth-order valence-electron chi connectivity index (χ4n) is 4.26. The molecule has 0 aromatic heterocycles. The number of nitrogens with one attached hydrogen (secondary N) is 4.